The molecule has 128 valence electrons. The van der Waals surface area contributed by atoms with Crippen LogP contribution in [0.4, 0.5) is 17.1 Å². The predicted molar refractivity (Wildman–Crippen MR) is 96.2 cm³/mol. The Kier molecular flexibility index (Phi) is 5.62. The molecule has 2 aromatic rings. The van der Waals surface area contributed by atoms with Crippen LogP contribution in [0.5, 0.6) is 0 Å². The van der Waals surface area contributed by atoms with E-state index < -0.39 is 4.92 Å². The molecule has 2 rings (SSSR count). The van der Waals surface area contributed by atoms with Crippen molar-refractivity contribution in [3.63, 3.8) is 0 Å². The minimum absolute atomic E-state index is 0.0354. The van der Waals surface area contributed by atoms with Crippen LogP contribution in [0.15, 0.2) is 48.5 Å². The number of benzene rings is 2. The van der Waals surface area contributed by atoms with Crippen LogP contribution in [-0.4, -0.2) is 16.7 Å². The van der Waals surface area contributed by atoms with Crippen molar-refractivity contribution < 1.29 is 14.5 Å². The Balaban J connectivity index is 2.05. The first-order valence-electron chi connectivity index (χ1n) is 7.47. The Labute approximate surface area is 144 Å². The standard InChI is InChI=1S/C18H17N3O4/c1-12-10-15(7-8-17(12)19-13(2)22)20-18(23)9-6-14-4-3-5-16(11-14)21(24)25/h3-11H,1-2H3,(H,19,22)(H,20,23)/b9-6+. The molecule has 0 saturated carbocycles. The lowest BCUT2D eigenvalue weighted by molar-refractivity contribution is -0.384. The summed E-state index contributed by atoms with van der Waals surface area (Å²) in [5, 5.41) is 16.1. The van der Waals surface area contributed by atoms with Gasteiger partial charge in [0.25, 0.3) is 5.69 Å². The highest BCUT2D eigenvalue weighted by Gasteiger charge is 2.05. The summed E-state index contributed by atoms with van der Waals surface area (Å²) in [4.78, 5) is 33.3. The number of aryl methyl sites for hydroxylation is 1. The number of anilines is 2. The van der Waals surface area contributed by atoms with Crippen molar-refractivity contribution in [2.45, 2.75) is 13.8 Å². The smallest absolute Gasteiger partial charge is 0.270 e. The van der Waals surface area contributed by atoms with Crippen LogP contribution in [0, 0.1) is 17.0 Å². The summed E-state index contributed by atoms with van der Waals surface area (Å²) in [6, 6.07) is 11.1. The summed E-state index contributed by atoms with van der Waals surface area (Å²) in [5.74, 6) is -0.530. The first-order chi connectivity index (χ1) is 11.8. The van der Waals surface area contributed by atoms with Gasteiger partial charge in [-0.25, -0.2) is 0 Å². The molecule has 0 aromatic heterocycles. The van der Waals surface area contributed by atoms with Gasteiger partial charge in [0, 0.05) is 36.5 Å². The maximum atomic E-state index is 12.0. The molecule has 7 nitrogen and oxygen atoms in total. The molecular formula is C18H17N3O4. The second kappa shape index (κ2) is 7.87. The number of amides is 2. The Morgan fingerprint density at radius 1 is 1.12 bits per heavy atom. The Morgan fingerprint density at radius 2 is 1.88 bits per heavy atom. The van der Waals surface area contributed by atoms with Gasteiger partial charge in [-0.05, 0) is 42.3 Å². The molecule has 2 aromatic carbocycles. The average Bonchev–Trinajstić information content (AvgIpc) is 2.55. The molecule has 2 N–H and O–H groups in total. The molecule has 2 amide bonds. The van der Waals surface area contributed by atoms with Crippen molar-refractivity contribution in [1.82, 2.24) is 0 Å². The second-order valence-electron chi connectivity index (χ2n) is 5.39. The van der Waals surface area contributed by atoms with Crippen molar-refractivity contribution in [3.8, 4) is 0 Å². The topological polar surface area (TPSA) is 101 Å². The first kappa shape index (κ1) is 17.9. The molecular weight excluding hydrogens is 322 g/mol. The fraction of sp³-hybridized carbons (Fsp3) is 0.111. The molecule has 0 saturated heterocycles. The molecule has 0 fully saturated rings. The molecule has 0 aliphatic heterocycles. The normalized spacial score (nSPS) is 10.5. The van der Waals surface area contributed by atoms with Gasteiger partial charge in [0.05, 0.1) is 4.92 Å². The summed E-state index contributed by atoms with van der Waals surface area (Å²) in [5.41, 5.74) is 2.60. The maximum Gasteiger partial charge on any atom is 0.270 e. The number of nitrogens with one attached hydrogen (secondary N) is 2. The van der Waals surface area contributed by atoms with Crippen LogP contribution in [-0.2, 0) is 9.59 Å². The maximum absolute atomic E-state index is 12.0. The van der Waals surface area contributed by atoms with Crippen molar-refractivity contribution in [2.75, 3.05) is 10.6 Å². The lowest BCUT2D eigenvalue weighted by Gasteiger charge is -2.09. The van der Waals surface area contributed by atoms with Crippen LogP contribution in [0.3, 0.4) is 0 Å². The Morgan fingerprint density at radius 3 is 2.52 bits per heavy atom. The highest BCUT2D eigenvalue weighted by Crippen LogP contribution is 2.20. The molecule has 7 heteroatoms. The summed E-state index contributed by atoms with van der Waals surface area (Å²) >= 11 is 0. The van der Waals surface area contributed by atoms with E-state index in [2.05, 4.69) is 10.6 Å². The number of nitro benzene ring substituents is 1. The molecule has 0 heterocycles. The van der Waals surface area contributed by atoms with Gasteiger partial charge >= 0.3 is 0 Å². The van der Waals surface area contributed by atoms with E-state index in [1.54, 1.807) is 30.3 Å². The van der Waals surface area contributed by atoms with Gasteiger partial charge in [0.2, 0.25) is 11.8 Å². The number of carbonyl (C=O) groups excluding carboxylic acids is 2. The van der Waals surface area contributed by atoms with E-state index in [-0.39, 0.29) is 17.5 Å². The zero-order valence-corrected chi connectivity index (χ0v) is 13.8. The zero-order chi connectivity index (χ0) is 18.4. The Hall–Kier alpha value is -3.48. The second-order valence-corrected chi connectivity index (χ2v) is 5.39. The SMILES string of the molecule is CC(=O)Nc1ccc(NC(=O)/C=C/c2cccc([N+](=O)[O-])c2)cc1C. The molecule has 25 heavy (non-hydrogen) atoms. The molecule has 0 atom stereocenters. The number of nitrogens with zero attached hydrogens (tertiary/aromatic N) is 1. The fourth-order valence-corrected chi connectivity index (χ4v) is 2.17. The van der Waals surface area contributed by atoms with E-state index in [9.17, 15) is 19.7 Å². The van der Waals surface area contributed by atoms with Crippen molar-refractivity contribution in [1.29, 1.82) is 0 Å². The van der Waals surface area contributed by atoms with E-state index in [4.69, 9.17) is 0 Å². The molecule has 0 radical (unpaired) electrons. The zero-order valence-electron chi connectivity index (χ0n) is 13.8. The molecule has 0 bridgehead atoms. The summed E-state index contributed by atoms with van der Waals surface area (Å²) < 4.78 is 0. The lowest BCUT2D eigenvalue weighted by atomic mass is 10.1. The quantitative estimate of drug-likeness (QED) is 0.494. The third kappa shape index (κ3) is 5.28. The van der Waals surface area contributed by atoms with E-state index >= 15 is 0 Å². The highest BCUT2D eigenvalue weighted by molar-refractivity contribution is 6.02. The van der Waals surface area contributed by atoms with Crippen LogP contribution < -0.4 is 10.6 Å². The lowest BCUT2D eigenvalue weighted by Crippen LogP contribution is -2.10. The molecule has 0 spiro atoms. The number of carbonyl (C=O) groups is 2. The summed E-state index contributed by atoms with van der Waals surface area (Å²) in [6.07, 6.45) is 2.80. The number of hydrogen-bond donors (Lipinski definition) is 2. The van der Waals surface area contributed by atoms with Gasteiger partial charge in [0.15, 0.2) is 0 Å². The van der Waals surface area contributed by atoms with Crippen molar-refractivity contribution in [2.24, 2.45) is 0 Å². The highest BCUT2D eigenvalue weighted by atomic mass is 16.6. The summed E-state index contributed by atoms with van der Waals surface area (Å²) in [6.45, 7) is 3.24. The van der Waals surface area contributed by atoms with Crippen LogP contribution in [0.2, 0.25) is 0 Å². The van der Waals surface area contributed by atoms with Gasteiger partial charge in [-0.1, -0.05) is 12.1 Å². The molecule has 0 aliphatic rings. The van der Waals surface area contributed by atoms with E-state index in [1.165, 1.54) is 31.2 Å². The van der Waals surface area contributed by atoms with Crippen molar-refractivity contribution in [3.05, 3.63) is 69.8 Å². The van der Waals surface area contributed by atoms with Crippen LogP contribution in [0.25, 0.3) is 6.08 Å². The van der Waals surface area contributed by atoms with E-state index in [0.29, 0.717) is 16.9 Å². The van der Waals surface area contributed by atoms with Gasteiger partial charge in [0.1, 0.15) is 0 Å². The largest absolute Gasteiger partial charge is 0.326 e. The third-order valence-corrected chi connectivity index (χ3v) is 3.31. The van der Waals surface area contributed by atoms with Crippen LogP contribution >= 0.6 is 0 Å². The van der Waals surface area contributed by atoms with E-state index in [1.807, 2.05) is 6.92 Å². The minimum atomic E-state index is -0.489. The van der Waals surface area contributed by atoms with Gasteiger partial charge in [-0.15, -0.1) is 0 Å². The minimum Gasteiger partial charge on any atom is -0.326 e. The fourth-order valence-electron chi connectivity index (χ4n) is 2.17. The summed E-state index contributed by atoms with van der Waals surface area (Å²) in [7, 11) is 0. The predicted octanol–water partition coefficient (Wildman–Crippen LogP) is 3.51. The van der Waals surface area contributed by atoms with Gasteiger partial charge in [-0.2, -0.15) is 0 Å². The first-order valence-corrected chi connectivity index (χ1v) is 7.47. The van der Waals surface area contributed by atoms with E-state index in [0.717, 1.165) is 5.56 Å². The van der Waals surface area contributed by atoms with Crippen LogP contribution in [0.1, 0.15) is 18.1 Å². The van der Waals surface area contributed by atoms with Crippen molar-refractivity contribution >= 4 is 35.0 Å². The monoisotopic (exact) mass is 339 g/mol. The average molecular weight is 339 g/mol. The number of rotatable bonds is 5. The number of hydrogen-bond acceptors (Lipinski definition) is 4. The number of nitro groups is 1. The Bertz CT molecular complexity index is 859. The van der Waals surface area contributed by atoms with Gasteiger partial charge in [-0.3, -0.25) is 19.7 Å². The number of non-ortho nitro benzene ring substituents is 1. The molecule has 0 unspecified atom stereocenters. The molecule has 0 aliphatic carbocycles. The van der Waals surface area contributed by atoms with Gasteiger partial charge < -0.3 is 10.6 Å². The third-order valence-electron chi connectivity index (χ3n) is 3.31.